The number of carbonyl (C=O) groups is 1. The number of nitrogens with one attached hydrogen (secondary N) is 3. The Morgan fingerprint density at radius 2 is 1.60 bits per heavy atom. The number of allylic oxidation sites excluding steroid dienone is 1. The largest absolute Gasteiger partial charge is 0.355 e. The Labute approximate surface area is 278 Å². The van der Waals surface area contributed by atoms with Gasteiger partial charge in [-0.3, -0.25) is 9.59 Å². The van der Waals surface area contributed by atoms with E-state index in [1.165, 1.54) is 5.56 Å². The number of aryl methyl sites for hydroxylation is 1. The minimum atomic E-state index is -0.171. The summed E-state index contributed by atoms with van der Waals surface area (Å²) in [6.45, 7) is 22.2. The average Bonchev–Trinajstić information content (AvgIpc) is 3.59. The Morgan fingerprint density at radius 3 is 2.26 bits per heavy atom. The van der Waals surface area contributed by atoms with E-state index in [9.17, 15) is 9.59 Å². The maximum Gasteiger partial charge on any atom is 0.274 e. The predicted octanol–water partition coefficient (Wildman–Crippen LogP) is 8.83. The molecule has 0 unspecified atom stereocenters. The van der Waals surface area contributed by atoms with E-state index in [2.05, 4.69) is 87.6 Å². The third kappa shape index (κ3) is 7.41. The molecule has 3 N–H and O–H groups in total. The standard InChI is InChI=1S/C40H45N5O2/c1-9-26(2)41-36-24-32(19-20-34(36)38(46)45-21-10-11-22-45)43-37-23-30(25-44(8)39(37)47)33-13-12-14-35(27(33)3)42-28(4)29-15-17-31(18-16-29)40(5,6)7/h9,12-20,23-25,41-43H,1-2,4,10-11,21-22H2,3,5-8H3. The molecule has 1 amide bonds. The van der Waals surface area contributed by atoms with Gasteiger partial charge in [-0.25, -0.2) is 0 Å². The van der Waals surface area contributed by atoms with Crippen molar-refractivity contribution >= 4 is 34.4 Å². The second-order valence-corrected chi connectivity index (χ2v) is 13.2. The van der Waals surface area contributed by atoms with Gasteiger partial charge in [-0.1, -0.05) is 76.9 Å². The number of hydrogen-bond acceptors (Lipinski definition) is 5. The molecule has 0 radical (unpaired) electrons. The lowest BCUT2D eigenvalue weighted by atomic mass is 9.86. The van der Waals surface area contributed by atoms with Crippen LogP contribution in [0.2, 0.25) is 0 Å². The molecule has 0 saturated carbocycles. The molecular formula is C40H45N5O2. The number of nitrogens with zero attached hydrogens (tertiary/aromatic N) is 2. The lowest BCUT2D eigenvalue weighted by molar-refractivity contribution is 0.0794. The van der Waals surface area contributed by atoms with Gasteiger partial charge in [0.1, 0.15) is 5.69 Å². The van der Waals surface area contributed by atoms with Crippen molar-refractivity contribution in [3.8, 4) is 11.1 Å². The van der Waals surface area contributed by atoms with Crippen LogP contribution in [0.4, 0.5) is 22.7 Å². The number of anilines is 4. The molecule has 1 saturated heterocycles. The van der Waals surface area contributed by atoms with Gasteiger partial charge in [0.15, 0.2) is 0 Å². The van der Waals surface area contributed by atoms with E-state index in [1.807, 2.05) is 47.5 Å². The van der Waals surface area contributed by atoms with Gasteiger partial charge in [-0.2, -0.15) is 0 Å². The minimum absolute atomic E-state index is 0.0279. The van der Waals surface area contributed by atoms with Crippen LogP contribution in [0.15, 0.2) is 109 Å². The Morgan fingerprint density at radius 1 is 0.894 bits per heavy atom. The van der Waals surface area contributed by atoms with Crippen LogP contribution in [-0.4, -0.2) is 28.5 Å². The molecule has 1 fully saturated rings. The molecule has 0 spiro atoms. The second-order valence-electron chi connectivity index (χ2n) is 13.2. The molecule has 1 aliphatic rings. The van der Waals surface area contributed by atoms with Crippen LogP contribution in [-0.2, 0) is 12.5 Å². The lowest BCUT2D eigenvalue weighted by Gasteiger charge is -2.20. The maximum atomic E-state index is 13.3. The normalized spacial score (nSPS) is 12.8. The topological polar surface area (TPSA) is 78.4 Å². The highest BCUT2D eigenvalue weighted by atomic mass is 16.2. The average molecular weight is 628 g/mol. The summed E-state index contributed by atoms with van der Waals surface area (Å²) in [5.41, 5.74) is 9.66. The van der Waals surface area contributed by atoms with E-state index >= 15 is 0 Å². The van der Waals surface area contributed by atoms with Crippen molar-refractivity contribution in [3.63, 3.8) is 0 Å². The second kappa shape index (κ2) is 13.6. The molecule has 3 aromatic carbocycles. The Kier molecular flexibility index (Phi) is 9.56. The van der Waals surface area contributed by atoms with Crippen molar-refractivity contribution in [2.24, 2.45) is 7.05 Å². The lowest BCUT2D eigenvalue weighted by Crippen LogP contribution is -2.28. The Balaban J connectivity index is 1.43. The predicted molar refractivity (Wildman–Crippen MR) is 197 cm³/mol. The molecule has 1 aromatic heterocycles. The summed E-state index contributed by atoms with van der Waals surface area (Å²) in [5.74, 6) is -0.0279. The highest BCUT2D eigenvalue weighted by molar-refractivity contribution is 6.01. The molecule has 5 rings (SSSR count). The van der Waals surface area contributed by atoms with E-state index in [0.717, 1.165) is 59.6 Å². The van der Waals surface area contributed by atoms with E-state index in [0.29, 0.717) is 28.3 Å². The van der Waals surface area contributed by atoms with E-state index in [4.69, 9.17) is 0 Å². The van der Waals surface area contributed by atoms with Crippen molar-refractivity contribution in [2.75, 3.05) is 29.0 Å². The van der Waals surface area contributed by atoms with Crippen molar-refractivity contribution < 1.29 is 4.79 Å². The van der Waals surface area contributed by atoms with Crippen LogP contribution >= 0.6 is 0 Å². The minimum Gasteiger partial charge on any atom is -0.355 e. The molecule has 0 aliphatic carbocycles. The zero-order chi connectivity index (χ0) is 33.9. The quantitative estimate of drug-likeness (QED) is 0.153. The molecule has 1 aliphatic heterocycles. The van der Waals surface area contributed by atoms with Crippen LogP contribution in [0.5, 0.6) is 0 Å². The van der Waals surface area contributed by atoms with Crippen molar-refractivity contribution in [3.05, 3.63) is 137 Å². The van der Waals surface area contributed by atoms with E-state index in [1.54, 1.807) is 23.8 Å². The highest BCUT2D eigenvalue weighted by Crippen LogP contribution is 2.33. The summed E-state index contributed by atoms with van der Waals surface area (Å²) in [4.78, 5) is 28.5. The van der Waals surface area contributed by atoms with Gasteiger partial charge in [0.2, 0.25) is 0 Å². The third-order valence-electron chi connectivity index (χ3n) is 8.68. The summed E-state index contributed by atoms with van der Waals surface area (Å²) in [6.07, 6.45) is 5.46. The first kappa shape index (κ1) is 33.1. The van der Waals surface area contributed by atoms with Crippen LogP contribution in [0.25, 0.3) is 16.8 Å². The molecule has 7 heteroatoms. The van der Waals surface area contributed by atoms with Gasteiger partial charge >= 0.3 is 0 Å². The SMILES string of the molecule is C=CC(=C)Nc1cc(Nc2cc(-c3cccc(NC(=C)c4ccc(C(C)(C)C)cc4)c3C)cn(C)c2=O)ccc1C(=O)N1CCCC1. The van der Waals surface area contributed by atoms with E-state index < -0.39 is 0 Å². The first-order valence-corrected chi connectivity index (χ1v) is 16.0. The van der Waals surface area contributed by atoms with Crippen molar-refractivity contribution in [2.45, 2.75) is 46.0 Å². The molecule has 242 valence electrons. The van der Waals surface area contributed by atoms with Gasteiger partial charge in [0.05, 0.1) is 11.3 Å². The number of likely N-dealkylation sites (tertiary alicyclic amines) is 1. The Bertz CT molecular complexity index is 1900. The fraction of sp³-hybridized carbons (Fsp3) is 0.250. The summed E-state index contributed by atoms with van der Waals surface area (Å²) >= 11 is 0. The number of hydrogen-bond donors (Lipinski definition) is 3. The number of rotatable bonds is 10. The zero-order valence-corrected chi connectivity index (χ0v) is 28.2. The monoisotopic (exact) mass is 627 g/mol. The number of pyridine rings is 1. The van der Waals surface area contributed by atoms with Gasteiger partial charge in [-0.05, 0) is 83.8 Å². The molecular weight excluding hydrogens is 582 g/mol. The molecule has 7 nitrogen and oxygen atoms in total. The summed E-state index contributed by atoms with van der Waals surface area (Å²) in [7, 11) is 1.75. The van der Waals surface area contributed by atoms with Crippen molar-refractivity contribution in [1.82, 2.24) is 9.47 Å². The number of carbonyl (C=O) groups excluding carboxylic acids is 1. The Hall–Kier alpha value is -5.30. The van der Waals surface area contributed by atoms with Gasteiger partial charge in [-0.15, -0.1) is 0 Å². The summed E-state index contributed by atoms with van der Waals surface area (Å²) in [6, 6.07) is 21.9. The number of benzene rings is 3. The molecule has 4 aromatic rings. The summed E-state index contributed by atoms with van der Waals surface area (Å²) < 4.78 is 1.58. The molecule has 2 heterocycles. The molecule has 0 atom stereocenters. The van der Waals surface area contributed by atoms with Crippen LogP contribution in [0.3, 0.4) is 0 Å². The molecule has 0 bridgehead atoms. The molecule has 47 heavy (non-hydrogen) atoms. The smallest absolute Gasteiger partial charge is 0.274 e. The van der Waals surface area contributed by atoms with E-state index in [-0.39, 0.29) is 16.9 Å². The van der Waals surface area contributed by atoms with Crippen LogP contribution in [0, 0.1) is 6.92 Å². The first-order chi connectivity index (χ1) is 22.3. The highest BCUT2D eigenvalue weighted by Gasteiger charge is 2.23. The fourth-order valence-electron chi connectivity index (χ4n) is 5.82. The maximum absolute atomic E-state index is 13.3. The first-order valence-electron chi connectivity index (χ1n) is 16.0. The number of amides is 1. The fourth-order valence-corrected chi connectivity index (χ4v) is 5.82. The third-order valence-corrected chi connectivity index (χ3v) is 8.68. The van der Waals surface area contributed by atoms with Crippen LogP contribution in [0.1, 0.15) is 60.7 Å². The van der Waals surface area contributed by atoms with Gasteiger partial charge < -0.3 is 25.4 Å². The summed E-state index contributed by atoms with van der Waals surface area (Å²) in [5, 5.41) is 10.0. The zero-order valence-electron chi connectivity index (χ0n) is 28.2. The van der Waals surface area contributed by atoms with Crippen LogP contribution < -0.4 is 21.5 Å². The van der Waals surface area contributed by atoms with Crippen molar-refractivity contribution in [1.29, 1.82) is 0 Å². The number of aromatic nitrogens is 1. The van der Waals surface area contributed by atoms with Gasteiger partial charge in [0, 0.05) is 54.7 Å². The van der Waals surface area contributed by atoms with Gasteiger partial charge in [0.25, 0.3) is 11.5 Å².